The first-order valence-electron chi connectivity index (χ1n) is 5.38. The highest BCUT2D eigenvalue weighted by atomic mass is 32.1. The molecule has 0 aromatic heterocycles. The van der Waals surface area contributed by atoms with Gasteiger partial charge < -0.3 is 11.1 Å². The number of amides is 1. The number of hydrogen-bond donors (Lipinski definition) is 2. The van der Waals surface area contributed by atoms with E-state index >= 15 is 0 Å². The highest BCUT2D eigenvalue weighted by Crippen LogP contribution is 2.17. The lowest BCUT2D eigenvalue weighted by Crippen LogP contribution is -2.41. The molecule has 1 aromatic rings. The molecule has 1 rings (SSSR count). The highest BCUT2D eigenvalue weighted by molar-refractivity contribution is 7.80. The van der Waals surface area contributed by atoms with Gasteiger partial charge in [0.25, 0.3) is 5.91 Å². The standard InChI is InChI=1S/C12H13F3N2OS/c1-12(2,11(16)19)5-17-10(18)6-3-4-7(13)9(15)8(6)14/h3-4H,5H2,1-2H3,(H2,16,19)(H,17,18). The molecule has 0 radical (unpaired) electrons. The van der Waals surface area contributed by atoms with Crippen molar-refractivity contribution in [2.45, 2.75) is 13.8 Å². The Kier molecular flexibility index (Phi) is 4.52. The van der Waals surface area contributed by atoms with Crippen LogP contribution >= 0.6 is 12.2 Å². The molecule has 1 aromatic carbocycles. The summed E-state index contributed by atoms with van der Waals surface area (Å²) in [6, 6.07) is 1.56. The van der Waals surface area contributed by atoms with Crippen LogP contribution in [0, 0.1) is 22.9 Å². The summed E-state index contributed by atoms with van der Waals surface area (Å²) < 4.78 is 39.1. The van der Waals surface area contributed by atoms with E-state index < -0.39 is 34.3 Å². The van der Waals surface area contributed by atoms with Crippen LogP contribution in [0.3, 0.4) is 0 Å². The third kappa shape index (κ3) is 3.44. The molecule has 0 aliphatic rings. The van der Waals surface area contributed by atoms with Crippen LogP contribution in [0.15, 0.2) is 12.1 Å². The van der Waals surface area contributed by atoms with Crippen LogP contribution in [-0.4, -0.2) is 17.4 Å². The van der Waals surface area contributed by atoms with Crippen molar-refractivity contribution in [1.82, 2.24) is 5.32 Å². The lowest BCUT2D eigenvalue weighted by atomic mass is 9.93. The van der Waals surface area contributed by atoms with Crippen LogP contribution in [0.4, 0.5) is 13.2 Å². The minimum absolute atomic E-state index is 0.0552. The van der Waals surface area contributed by atoms with E-state index in [2.05, 4.69) is 5.32 Å². The van der Waals surface area contributed by atoms with Gasteiger partial charge in [-0.3, -0.25) is 4.79 Å². The lowest BCUT2D eigenvalue weighted by Gasteiger charge is -2.23. The summed E-state index contributed by atoms with van der Waals surface area (Å²) in [5.74, 6) is -5.41. The van der Waals surface area contributed by atoms with Gasteiger partial charge in [0.15, 0.2) is 17.5 Å². The monoisotopic (exact) mass is 290 g/mol. The summed E-state index contributed by atoms with van der Waals surface area (Å²) >= 11 is 4.81. The predicted molar refractivity (Wildman–Crippen MR) is 69.2 cm³/mol. The van der Waals surface area contributed by atoms with E-state index in [1.54, 1.807) is 13.8 Å². The molecule has 0 saturated heterocycles. The maximum atomic E-state index is 13.4. The van der Waals surface area contributed by atoms with Crippen LogP contribution in [0.2, 0.25) is 0 Å². The molecule has 0 unspecified atom stereocenters. The van der Waals surface area contributed by atoms with Crippen molar-refractivity contribution in [1.29, 1.82) is 0 Å². The quantitative estimate of drug-likeness (QED) is 0.660. The zero-order valence-electron chi connectivity index (χ0n) is 10.4. The Labute approximate surface area is 114 Å². The molecule has 0 bridgehead atoms. The van der Waals surface area contributed by atoms with Crippen molar-refractivity contribution in [3.63, 3.8) is 0 Å². The number of thiocarbonyl (C=S) groups is 1. The normalized spacial score (nSPS) is 11.2. The molecule has 0 heterocycles. The second-order valence-electron chi connectivity index (χ2n) is 4.65. The molecule has 104 valence electrons. The van der Waals surface area contributed by atoms with Gasteiger partial charge in [-0.1, -0.05) is 26.1 Å². The summed E-state index contributed by atoms with van der Waals surface area (Å²) in [5, 5.41) is 2.37. The van der Waals surface area contributed by atoms with Gasteiger partial charge >= 0.3 is 0 Å². The topological polar surface area (TPSA) is 55.1 Å². The van der Waals surface area contributed by atoms with E-state index in [0.29, 0.717) is 6.07 Å². The summed E-state index contributed by atoms with van der Waals surface area (Å²) in [5.41, 5.74) is 4.23. The Morgan fingerprint density at radius 2 is 1.89 bits per heavy atom. The van der Waals surface area contributed by atoms with E-state index in [1.807, 2.05) is 0 Å². The first kappa shape index (κ1) is 15.4. The van der Waals surface area contributed by atoms with Crippen molar-refractivity contribution in [3.05, 3.63) is 35.1 Å². The van der Waals surface area contributed by atoms with Crippen molar-refractivity contribution in [2.75, 3.05) is 6.54 Å². The number of carbonyl (C=O) groups is 1. The molecule has 3 N–H and O–H groups in total. The highest BCUT2D eigenvalue weighted by Gasteiger charge is 2.24. The molecule has 3 nitrogen and oxygen atoms in total. The van der Waals surface area contributed by atoms with Gasteiger partial charge in [-0.2, -0.15) is 0 Å². The Bertz CT molecular complexity index is 532. The molecular weight excluding hydrogens is 277 g/mol. The van der Waals surface area contributed by atoms with Crippen LogP contribution < -0.4 is 11.1 Å². The maximum Gasteiger partial charge on any atom is 0.254 e. The number of nitrogens with one attached hydrogen (secondary N) is 1. The maximum absolute atomic E-state index is 13.4. The summed E-state index contributed by atoms with van der Waals surface area (Å²) in [6.07, 6.45) is 0. The van der Waals surface area contributed by atoms with Gasteiger partial charge in [0.1, 0.15) is 0 Å². The van der Waals surface area contributed by atoms with E-state index in [-0.39, 0.29) is 11.5 Å². The van der Waals surface area contributed by atoms with Gasteiger partial charge in [0.05, 0.1) is 10.6 Å². The number of halogens is 3. The molecule has 0 aliphatic heterocycles. The van der Waals surface area contributed by atoms with Crippen molar-refractivity contribution < 1.29 is 18.0 Å². The molecule has 7 heteroatoms. The minimum Gasteiger partial charge on any atom is -0.393 e. The second kappa shape index (κ2) is 5.56. The lowest BCUT2D eigenvalue weighted by molar-refractivity contribution is 0.0939. The van der Waals surface area contributed by atoms with Crippen LogP contribution in [0.1, 0.15) is 24.2 Å². The van der Waals surface area contributed by atoms with Crippen LogP contribution in [0.5, 0.6) is 0 Å². The number of hydrogen-bond acceptors (Lipinski definition) is 2. The first-order valence-corrected chi connectivity index (χ1v) is 5.79. The van der Waals surface area contributed by atoms with E-state index in [9.17, 15) is 18.0 Å². The number of rotatable bonds is 4. The zero-order chi connectivity index (χ0) is 14.8. The summed E-state index contributed by atoms with van der Waals surface area (Å²) in [7, 11) is 0. The third-order valence-electron chi connectivity index (χ3n) is 2.64. The SMILES string of the molecule is CC(C)(CNC(=O)c1ccc(F)c(F)c1F)C(N)=S. The zero-order valence-corrected chi connectivity index (χ0v) is 11.2. The average molecular weight is 290 g/mol. The van der Waals surface area contributed by atoms with Crippen LogP contribution in [0.25, 0.3) is 0 Å². The second-order valence-corrected chi connectivity index (χ2v) is 5.09. The van der Waals surface area contributed by atoms with Gasteiger partial charge in [0, 0.05) is 12.0 Å². The Balaban J connectivity index is 2.86. The average Bonchev–Trinajstić information content (AvgIpc) is 2.33. The summed E-state index contributed by atoms with van der Waals surface area (Å²) in [4.78, 5) is 11.9. The van der Waals surface area contributed by atoms with E-state index in [1.165, 1.54) is 0 Å². The fraction of sp³-hybridized carbons (Fsp3) is 0.333. The van der Waals surface area contributed by atoms with Crippen molar-refractivity contribution in [2.24, 2.45) is 11.1 Å². The van der Waals surface area contributed by atoms with Crippen LogP contribution in [-0.2, 0) is 0 Å². The molecule has 19 heavy (non-hydrogen) atoms. The minimum atomic E-state index is -1.68. The Morgan fingerprint density at radius 3 is 2.42 bits per heavy atom. The first-order chi connectivity index (χ1) is 8.66. The molecule has 0 spiro atoms. The predicted octanol–water partition coefficient (Wildman–Crippen LogP) is 2.15. The fourth-order valence-corrected chi connectivity index (χ4v) is 1.26. The molecule has 0 saturated carbocycles. The molecule has 0 aliphatic carbocycles. The van der Waals surface area contributed by atoms with Gasteiger partial charge in [0.2, 0.25) is 0 Å². The molecule has 0 fully saturated rings. The van der Waals surface area contributed by atoms with Crippen molar-refractivity contribution in [3.8, 4) is 0 Å². The number of nitrogens with two attached hydrogens (primary N) is 1. The van der Waals surface area contributed by atoms with E-state index in [0.717, 1.165) is 6.07 Å². The van der Waals surface area contributed by atoms with Gasteiger partial charge in [-0.25, -0.2) is 13.2 Å². The third-order valence-corrected chi connectivity index (χ3v) is 3.19. The molecule has 1 amide bonds. The Hall–Kier alpha value is -1.63. The number of benzene rings is 1. The summed E-state index contributed by atoms with van der Waals surface area (Å²) in [6.45, 7) is 3.44. The smallest absolute Gasteiger partial charge is 0.254 e. The molecule has 0 atom stereocenters. The fourth-order valence-electron chi connectivity index (χ4n) is 1.18. The van der Waals surface area contributed by atoms with Gasteiger partial charge in [-0.15, -0.1) is 0 Å². The van der Waals surface area contributed by atoms with E-state index in [4.69, 9.17) is 18.0 Å². The number of carbonyl (C=O) groups excluding carboxylic acids is 1. The molecular formula is C12H13F3N2OS. The largest absolute Gasteiger partial charge is 0.393 e. The van der Waals surface area contributed by atoms with Crippen molar-refractivity contribution >= 4 is 23.1 Å². The Morgan fingerprint density at radius 1 is 1.32 bits per heavy atom. The van der Waals surface area contributed by atoms with Gasteiger partial charge in [-0.05, 0) is 12.1 Å².